The first kappa shape index (κ1) is 10.7. The van der Waals surface area contributed by atoms with E-state index in [1.165, 1.54) is 19.3 Å². The fraction of sp³-hybridized carbons (Fsp3) is 0.909. The molecule has 0 amide bonds. The molecule has 1 saturated carbocycles. The van der Waals surface area contributed by atoms with Gasteiger partial charge in [0.2, 0.25) is 0 Å². The lowest BCUT2D eigenvalue weighted by atomic mass is 9.82. The molecule has 0 aliphatic heterocycles. The smallest absolute Gasteiger partial charge is 0.122 e. The van der Waals surface area contributed by atoms with Crippen LogP contribution in [0.5, 0.6) is 0 Å². The summed E-state index contributed by atoms with van der Waals surface area (Å²) >= 11 is 0. The SMILES string of the molecule is CC1CC(C)CC(OCCC=O)C1. The van der Waals surface area contributed by atoms with Crippen LogP contribution in [0.2, 0.25) is 0 Å². The summed E-state index contributed by atoms with van der Waals surface area (Å²) in [6.07, 6.45) is 5.54. The van der Waals surface area contributed by atoms with E-state index < -0.39 is 0 Å². The van der Waals surface area contributed by atoms with Crippen molar-refractivity contribution in [2.24, 2.45) is 11.8 Å². The molecule has 0 bridgehead atoms. The Morgan fingerprint density at radius 3 is 2.38 bits per heavy atom. The van der Waals surface area contributed by atoms with Crippen LogP contribution in [0.3, 0.4) is 0 Å². The normalized spacial score (nSPS) is 34.5. The number of carbonyl (C=O) groups is 1. The van der Waals surface area contributed by atoms with Crippen LogP contribution in [0, 0.1) is 11.8 Å². The molecular weight excluding hydrogens is 164 g/mol. The molecule has 0 heterocycles. The number of hydrogen-bond donors (Lipinski definition) is 0. The van der Waals surface area contributed by atoms with Crippen LogP contribution in [0.25, 0.3) is 0 Å². The molecule has 1 aliphatic rings. The largest absolute Gasteiger partial charge is 0.378 e. The van der Waals surface area contributed by atoms with Gasteiger partial charge in [-0.1, -0.05) is 13.8 Å². The standard InChI is InChI=1S/C11H20O2/c1-9-6-10(2)8-11(7-9)13-5-3-4-12/h4,9-11H,3,5-8H2,1-2H3. The molecule has 0 spiro atoms. The average molecular weight is 184 g/mol. The summed E-state index contributed by atoms with van der Waals surface area (Å²) in [7, 11) is 0. The van der Waals surface area contributed by atoms with Crippen LogP contribution in [0.4, 0.5) is 0 Å². The van der Waals surface area contributed by atoms with E-state index in [-0.39, 0.29) is 0 Å². The van der Waals surface area contributed by atoms with E-state index in [2.05, 4.69) is 13.8 Å². The van der Waals surface area contributed by atoms with Crippen LogP contribution in [0.15, 0.2) is 0 Å². The molecular formula is C11H20O2. The Labute approximate surface area is 80.7 Å². The van der Waals surface area contributed by atoms with E-state index in [9.17, 15) is 4.79 Å². The number of carbonyl (C=O) groups excluding carboxylic acids is 1. The van der Waals surface area contributed by atoms with Crippen LogP contribution >= 0.6 is 0 Å². The summed E-state index contributed by atoms with van der Waals surface area (Å²) in [6.45, 7) is 5.17. The molecule has 0 aromatic carbocycles. The zero-order valence-electron chi connectivity index (χ0n) is 8.66. The Morgan fingerprint density at radius 1 is 1.23 bits per heavy atom. The van der Waals surface area contributed by atoms with E-state index in [1.807, 2.05) is 0 Å². The van der Waals surface area contributed by atoms with Gasteiger partial charge in [0.25, 0.3) is 0 Å². The van der Waals surface area contributed by atoms with Gasteiger partial charge in [-0.05, 0) is 31.1 Å². The van der Waals surface area contributed by atoms with Gasteiger partial charge in [-0.2, -0.15) is 0 Å². The van der Waals surface area contributed by atoms with Gasteiger partial charge < -0.3 is 9.53 Å². The lowest BCUT2D eigenvalue weighted by Crippen LogP contribution is -2.26. The summed E-state index contributed by atoms with van der Waals surface area (Å²) in [5.41, 5.74) is 0. The van der Waals surface area contributed by atoms with Crippen molar-refractivity contribution in [3.8, 4) is 0 Å². The van der Waals surface area contributed by atoms with Crippen LogP contribution in [0.1, 0.15) is 39.5 Å². The minimum absolute atomic E-state index is 0.402. The van der Waals surface area contributed by atoms with Crippen LogP contribution in [-0.4, -0.2) is 19.0 Å². The van der Waals surface area contributed by atoms with Crippen LogP contribution < -0.4 is 0 Å². The highest BCUT2D eigenvalue weighted by Gasteiger charge is 2.23. The second-order valence-electron chi connectivity index (χ2n) is 4.37. The maximum absolute atomic E-state index is 10.1. The third kappa shape index (κ3) is 3.90. The van der Waals surface area contributed by atoms with Gasteiger partial charge in [0.15, 0.2) is 0 Å². The highest BCUT2D eigenvalue weighted by Crippen LogP contribution is 2.30. The van der Waals surface area contributed by atoms with Crippen molar-refractivity contribution in [2.45, 2.75) is 45.6 Å². The van der Waals surface area contributed by atoms with Gasteiger partial charge in [-0.15, -0.1) is 0 Å². The van der Waals surface area contributed by atoms with Crippen molar-refractivity contribution in [3.63, 3.8) is 0 Å². The fourth-order valence-electron chi connectivity index (χ4n) is 2.29. The van der Waals surface area contributed by atoms with Crippen molar-refractivity contribution in [1.82, 2.24) is 0 Å². The molecule has 0 radical (unpaired) electrons. The zero-order chi connectivity index (χ0) is 9.68. The molecule has 0 saturated heterocycles. The summed E-state index contributed by atoms with van der Waals surface area (Å²) in [4.78, 5) is 10.1. The highest BCUT2D eigenvalue weighted by molar-refractivity contribution is 5.49. The Hall–Kier alpha value is -0.370. The first-order chi connectivity index (χ1) is 6.22. The van der Waals surface area contributed by atoms with Crippen molar-refractivity contribution in [3.05, 3.63) is 0 Å². The maximum atomic E-state index is 10.1. The number of ether oxygens (including phenoxy) is 1. The van der Waals surface area contributed by atoms with Gasteiger partial charge >= 0.3 is 0 Å². The van der Waals surface area contributed by atoms with Gasteiger partial charge in [-0.25, -0.2) is 0 Å². The topological polar surface area (TPSA) is 26.3 Å². The predicted octanol–water partition coefficient (Wildman–Crippen LogP) is 2.42. The molecule has 76 valence electrons. The fourth-order valence-corrected chi connectivity index (χ4v) is 2.29. The van der Waals surface area contributed by atoms with Crippen molar-refractivity contribution in [1.29, 1.82) is 0 Å². The van der Waals surface area contributed by atoms with Crippen molar-refractivity contribution in [2.75, 3.05) is 6.61 Å². The van der Waals surface area contributed by atoms with Gasteiger partial charge in [-0.3, -0.25) is 0 Å². The monoisotopic (exact) mass is 184 g/mol. The quantitative estimate of drug-likeness (QED) is 0.495. The molecule has 1 aliphatic carbocycles. The van der Waals surface area contributed by atoms with Gasteiger partial charge in [0, 0.05) is 6.42 Å². The lowest BCUT2D eigenvalue weighted by molar-refractivity contribution is -0.109. The number of hydrogen-bond acceptors (Lipinski definition) is 2. The number of rotatable bonds is 4. The second kappa shape index (κ2) is 5.38. The molecule has 1 fully saturated rings. The highest BCUT2D eigenvalue weighted by atomic mass is 16.5. The van der Waals surface area contributed by atoms with Crippen molar-refractivity contribution >= 4 is 6.29 Å². The third-order valence-corrected chi connectivity index (χ3v) is 2.72. The van der Waals surface area contributed by atoms with Crippen molar-refractivity contribution < 1.29 is 9.53 Å². The first-order valence-electron chi connectivity index (χ1n) is 5.27. The third-order valence-electron chi connectivity index (χ3n) is 2.72. The minimum atomic E-state index is 0.402. The molecule has 2 unspecified atom stereocenters. The molecule has 2 nitrogen and oxygen atoms in total. The van der Waals surface area contributed by atoms with E-state index in [0.717, 1.165) is 18.1 Å². The number of aldehydes is 1. The minimum Gasteiger partial charge on any atom is -0.378 e. The zero-order valence-corrected chi connectivity index (χ0v) is 8.66. The first-order valence-corrected chi connectivity index (χ1v) is 5.27. The maximum Gasteiger partial charge on any atom is 0.122 e. The summed E-state index contributed by atoms with van der Waals surface area (Å²) < 4.78 is 5.63. The van der Waals surface area contributed by atoms with Gasteiger partial charge in [0.05, 0.1) is 12.7 Å². The van der Waals surface area contributed by atoms with Gasteiger partial charge in [0.1, 0.15) is 6.29 Å². The molecule has 0 aromatic rings. The van der Waals surface area contributed by atoms with Crippen LogP contribution in [-0.2, 0) is 9.53 Å². The molecule has 1 rings (SSSR count). The van der Waals surface area contributed by atoms with E-state index in [1.54, 1.807) is 0 Å². The second-order valence-corrected chi connectivity index (χ2v) is 4.37. The summed E-state index contributed by atoms with van der Waals surface area (Å²) in [5, 5.41) is 0. The molecule has 2 heteroatoms. The molecule has 0 N–H and O–H groups in total. The van der Waals surface area contributed by atoms with E-state index in [4.69, 9.17) is 4.74 Å². The Morgan fingerprint density at radius 2 is 1.85 bits per heavy atom. The summed E-state index contributed by atoms with van der Waals surface area (Å²) in [5.74, 6) is 1.56. The molecule has 2 atom stereocenters. The molecule has 0 aromatic heterocycles. The Bertz CT molecular complexity index is 146. The Kier molecular flexibility index (Phi) is 4.43. The average Bonchev–Trinajstić information content (AvgIpc) is 2.03. The predicted molar refractivity (Wildman–Crippen MR) is 52.6 cm³/mol. The molecule has 13 heavy (non-hydrogen) atoms. The summed E-state index contributed by atoms with van der Waals surface area (Å²) in [6, 6.07) is 0. The van der Waals surface area contributed by atoms with E-state index >= 15 is 0 Å². The lowest BCUT2D eigenvalue weighted by Gasteiger charge is -2.31. The Balaban J connectivity index is 2.20. The van der Waals surface area contributed by atoms with E-state index in [0.29, 0.717) is 19.1 Å².